The van der Waals surface area contributed by atoms with Crippen LogP contribution in [0.4, 0.5) is 0 Å². The Morgan fingerprint density at radius 3 is 2.17 bits per heavy atom. The van der Waals surface area contributed by atoms with Gasteiger partial charge in [-0.05, 0) is 0 Å². The van der Waals surface area contributed by atoms with Gasteiger partial charge in [0.2, 0.25) is 6.41 Å². The molecule has 0 aromatic carbocycles. The molecule has 0 amide bonds. The number of hydrogen-bond acceptors (Lipinski definition) is 4. The van der Waals surface area contributed by atoms with E-state index in [1.807, 2.05) is 4.90 Å². The highest BCUT2D eigenvalue weighted by Crippen LogP contribution is 2.41. The second kappa shape index (κ2) is 4.58. The Hall–Kier alpha value is -0.410. The molecule has 68 valence electrons. The zero-order chi connectivity index (χ0) is 8.97. The molecule has 0 aromatic heterocycles. The van der Waals surface area contributed by atoms with Crippen molar-refractivity contribution < 1.29 is 13.6 Å². The van der Waals surface area contributed by atoms with Crippen LogP contribution in [-0.4, -0.2) is 24.4 Å². The lowest BCUT2D eigenvalue weighted by molar-refractivity contribution is -0.171. The van der Waals surface area contributed by atoms with E-state index in [9.17, 15) is 4.57 Å². The van der Waals surface area contributed by atoms with E-state index in [0.717, 1.165) is 0 Å². The van der Waals surface area contributed by atoms with Crippen LogP contribution in [0.3, 0.4) is 0 Å². The molecular formula is C7H12NO3P. The van der Waals surface area contributed by atoms with Crippen molar-refractivity contribution in [3.05, 3.63) is 25.3 Å². The molecule has 0 saturated carbocycles. The molecule has 0 bridgehead atoms. The summed E-state index contributed by atoms with van der Waals surface area (Å²) in [5.74, 6) is 0. The molecule has 4 nitrogen and oxygen atoms in total. The Morgan fingerprint density at radius 2 is 1.83 bits per heavy atom. The lowest BCUT2D eigenvalue weighted by Crippen LogP contribution is -2.41. The van der Waals surface area contributed by atoms with E-state index in [2.05, 4.69) is 13.2 Å². The summed E-state index contributed by atoms with van der Waals surface area (Å²) in [5, 5.41) is 0. The first-order chi connectivity index (χ1) is 5.77. The average Bonchev–Trinajstić information content (AvgIpc) is 1.99. The van der Waals surface area contributed by atoms with Gasteiger partial charge >= 0.3 is 8.25 Å². The summed E-state index contributed by atoms with van der Waals surface area (Å²) in [6, 6.07) is 0. The quantitative estimate of drug-likeness (QED) is 0.483. The fraction of sp³-hybridized carbons (Fsp3) is 0.429. The van der Waals surface area contributed by atoms with Gasteiger partial charge in [-0.15, -0.1) is 13.2 Å². The normalized spacial score (nSPS) is 28.1. The van der Waals surface area contributed by atoms with Gasteiger partial charge in [0.25, 0.3) is 0 Å². The summed E-state index contributed by atoms with van der Waals surface area (Å²) in [5.41, 5.74) is 0. The van der Waals surface area contributed by atoms with Gasteiger partial charge in [0.15, 0.2) is 0 Å². The fourth-order valence-corrected chi connectivity index (χ4v) is 1.55. The van der Waals surface area contributed by atoms with Crippen molar-refractivity contribution in [2.24, 2.45) is 0 Å². The summed E-state index contributed by atoms with van der Waals surface area (Å²) < 4.78 is 20.2. The molecule has 0 unspecified atom stereocenters. The van der Waals surface area contributed by atoms with Crippen LogP contribution < -0.4 is 0 Å². The van der Waals surface area contributed by atoms with Crippen molar-refractivity contribution >= 4 is 8.25 Å². The Balaban J connectivity index is 2.36. The average molecular weight is 189 g/mol. The Morgan fingerprint density at radius 1 is 1.33 bits per heavy atom. The van der Waals surface area contributed by atoms with Crippen molar-refractivity contribution in [2.75, 3.05) is 13.1 Å². The van der Waals surface area contributed by atoms with Crippen LogP contribution in [0, 0.1) is 0 Å². The maximum absolute atomic E-state index is 10.5. The maximum atomic E-state index is 10.5. The van der Waals surface area contributed by atoms with Crippen LogP contribution in [0.15, 0.2) is 25.3 Å². The molecule has 12 heavy (non-hydrogen) atoms. The SMILES string of the molecule is C=CCN(CC=C)C1O[PH](=O)O1. The van der Waals surface area contributed by atoms with E-state index < -0.39 is 14.7 Å². The largest absolute Gasteiger partial charge is 0.325 e. The highest BCUT2D eigenvalue weighted by molar-refractivity contribution is 7.34. The highest BCUT2D eigenvalue weighted by Gasteiger charge is 2.31. The van der Waals surface area contributed by atoms with Crippen LogP contribution in [-0.2, 0) is 13.6 Å². The van der Waals surface area contributed by atoms with Gasteiger partial charge in [0.05, 0.1) is 0 Å². The fourth-order valence-electron chi connectivity index (χ4n) is 0.901. The van der Waals surface area contributed by atoms with Gasteiger partial charge in [-0.25, -0.2) is 4.90 Å². The molecule has 0 N–H and O–H groups in total. The molecule has 1 fully saturated rings. The van der Waals surface area contributed by atoms with Crippen molar-refractivity contribution in [3.63, 3.8) is 0 Å². The monoisotopic (exact) mass is 189 g/mol. The first-order valence-electron chi connectivity index (χ1n) is 3.61. The summed E-state index contributed by atoms with van der Waals surface area (Å²) in [4.78, 5) is 1.83. The first kappa shape index (κ1) is 9.68. The third kappa shape index (κ3) is 2.29. The van der Waals surface area contributed by atoms with Crippen LogP contribution in [0.5, 0.6) is 0 Å². The van der Waals surface area contributed by atoms with Crippen LogP contribution >= 0.6 is 8.25 Å². The molecule has 1 saturated heterocycles. The zero-order valence-corrected chi connectivity index (χ0v) is 7.73. The predicted molar refractivity (Wildman–Crippen MR) is 46.9 cm³/mol. The molecule has 1 aliphatic rings. The molecule has 1 aliphatic heterocycles. The Kier molecular flexibility index (Phi) is 3.69. The molecule has 1 rings (SSSR count). The molecule has 0 aliphatic carbocycles. The van der Waals surface area contributed by atoms with E-state index in [1.54, 1.807) is 12.2 Å². The summed E-state index contributed by atoms with van der Waals surface area (Å²) in [6.07, 6.45) is 2.98. The topological polar surface area (TPSA) is 38.8 Å². The molecule has 5 heteroatoms. The lowest BCUT2D eigenvalue weighted by atomic mass is 10.5. The number of rotatable bonds is 5. The molecule has 0 spiro atoms. The van der Waals surface area contributed by atoms with Crippen molar-refractivity contribution in [1.82, 2.24) is 4.90 Å². The van der Waals surface area contributed by atoms with E-state index in [1.165, 1.54) is 0 Å². The van der Waals surface area contributed by atoms with E-state index in [-0.39, 0.29) is 0 Å². The molecular weight excluding hydrogens is 177 g/mol. The van der Waals surface area contributed by atoms with E-state index in [0.29, 0.717) is 13.1 Å². The van der Waals surface area contributed by atoms with Crippen LogP contribution in [0.25, 0.3) is 0 Å². The van der Waals surface area contributed by atoms with Crippen LogP contribution in [0.1, 0.15) is 0 Å². The Labute approximate surface area is 72.4 Å². The minimum absolute atomic E-state index is 0.479. The summed E-state index contributed by atoms with van der Waals surface area (Å²) in [6.45, 7) is 8.43. The van der Waals surface area contributed by atoms with Crippen molar-refractivity contribution in [1.29, 1.82) is 0 Å². The second-order valence-corrected chi connectivity index (χ2v) is 3.30. The van der Waals surface area contributed by atoms with Gasteiger partial charge in [-0.1, -0.05) is 12.2 Å². The van der Waals surface area contributed by atoms with Crippen LogP contribution in [0.2, 0.25) is 0 Å². The van der Waals surface area contributed by atoms with Crippen molar-refractivity contribution in [2.45, 2.75) is 6.41 Å². The van der Waals surface area contributed by atoms with E-state index in [4.69, 9.17) is 9.05 Å². The van der Waals surface area contributed by atoms with E-state index >= 15 is 0 Å². The molecule has 0 aromatic rings. The first-order valence-corrected chi connectivity index (χ1v) is 4.83. The third-order valence-corrected chi connectivity index (χ3v) is 2.21. The smallest absolute Gasteiger partial charge is 0.265 e. The van der Waals surface area contributed by atoms with Gasteiger partial charge < -0.3 is 0 Å². The minimum Gasteiger partial charge on any atom is -0.265 e. The maximum Gasteiger partial charge on any atom is 0.325 e. The van der Waals surface area contributed by atoms with Gasteiger partial charge in [0, 0.05) is 13.1 Å². The lowest BCUT2D eigenvalue weighted by Gasteiger charge is -2.34. The Bertz CT molecular complexity index is 189. The van der Waals surface area contributed by atoms with Gasteiger partial charge in [0.1, 0.15) is 0 Å². The van der Waals surface area contributed by atoms with Crippen molar-refractivity contribution in [3.8, 4) is 0 Å². The second-order valence-electron chi connectivity index (χ2n) is 2.32. The highest BCUT2D eigenvalue weighted by atomic mass is 31.1. The summed E-state index contributed by atoms with van der Waals surface area (Å²) >= 11 is 0. The molecule has 0 atom stereocenters. The summed E-state index contributed by atoms with van der Waals surface area (Å²) in [7, 11) is -2.18. The number of hydrogen-bond donors (Lipinski definition) is 0. The molecule has 0 radical (unpaired) electrons. The number of nitrogens with zero attached hydrogens (tertiary/aromatic N) is 1. The third-order valence-electron chi connectivity index (χ3n) is 1.42. The minimum atomic E-state index is -2.18. The van der Waals surface area contributed by atoms with Gasteiger partial charge in [-0.3, -0.25) is 13.6 Å². The van der Waals surface area contributed by atoms with Gasteiger partial charge in [-0.2, -0.15) is 0 Å². The zero-order valence-electron chi connectivity index (χ0n) is 6.73. The molecule has 1 heterocycles. The predicted octanol–water partition coefficient (Wildman–Crippen LogP) is 1.38. The standard InChI is InChI=1S/C7H12NO3P/c1-3-5-8(6-4-2)7-10-12(9)11-7/h3-4,7,12H,1-2,5-6H2.